The van der Waals surface area contributed by atoms with Crippen LogP contribution in [-0.4, -0.2) is 58.5 Å². The van der Waals surface area contributed by atoms with Crippen molar-refractivity contribution in [3.8, 4) is 0 Å². The smallest absolute Gasteiger partial charge is 0.331 e. The summed E-state index contributed by atoms with van der Waals surface area (Å²) in [6.07, 6.45) is 2.12. The van der Waals surface area contributed by atoms with Gasteiger partial charge in [-0.15, -0.1) is 0 Å². The van der Waals surface area contributed by atoms with E-state index in [1.54, 1.807) is 0 Å². The lowest BCUT2D eigenvalue weighted by Gasteiger charge is -2.23. The molecule has 0 radical (unpaired) electrons. The van der Waals surface area contributed by atoms with Crippen LogP contribution >= 0.6 is 0 Å². The van der Waals surface area contributed by atoms with Crippen molar-refractivity contribution < 1.29 is 28.7 Å². The maximum atomic E-state index is 11.2. The average molecular weight is 274 g/mol. The first kappa shape index (κ1) is 17.6. The number of ether oxygens (including phenoxy) is 3. The average Bonchev–Trinajstić information content (AvgIpc) is 2.48. The third-order valence-electron chi connectivity index (χ3n) is 2.46. The minimum Gasteiger partial charge on any atom is -0.466 e. The normalized spacial score (nSPS) is 15.5. The van der Waals surface area contributed by atoms with Gasteiger partial charge in [-0.3, -0.25) is 0 Å². The topological polar surface area (TPSA) is 66.3 Å². The van der Waals surface area contributed by atoms with Gasteiger partial charge in [-0.1, -0.05) is 13.8 Å². The number of nitrogens with one attached hydrogen (secondary N) is 1. The van der Waals surface area contributed by atoms with Crippen LogP contribution < -0.4 is 4.90 Å². The van der Waals surface area contributed by atoms with E-state index in [1.165, 1.54) is 12.0 Å². The second-order valence-corrected chi connectivity index (χ2v) is 3.64. The summed E-state index contributed by atoms with van der Waals surface area (Å²) in [5, 5.41) is 0. The van der Waals surface area contributed by atoms with Gasteiger partial charge >= 0.3 is 11.9 Å². The fourth-order valence-electron chi connectivity index (χ4n) is 1.46. The zero-order valence-electron chi connectivity index (χ0n) is 11.9. The van der Waals surface area contributed by atoms with Crippen LogP contribution in [0.2, 0.25) is 0 Å². The molecule has 1 rings (SSSR count). The Morgan fingerprint density at radius 2 is 1.74 bits per heavy atom. The fraction of sp³-hybridized carbons (Fsp3) is 0.692. The molecule has 0 spiro atoms. The molecule has 0 aromatic carbocycles. The predicted octanol–water partition coefficient (Wildman–Crippen LogP) is -0.800. The van der Waals surface area contributed by atoms with E-state index in [1.807, 2.05) is 13.8 Å². The standard InChI is InChI=1S/C11H17NO5.C2H6/c1-15-10(13)2-3-11(14)17-9-6-12-4-7-16-8-5-12;1-2/h2-3H,4-9H2,1H3;1-2H3/p+1/b3-2+;. The summed E-state index contributed by atoms with van der Waals surface area (Å²) in [4.78, 5) is 23.2. The van der Waals surface area contributed by atoms with Gasteiger partial charge in [0.05, 0.1) is 20.3 Å². The minimum atomic E-state index is -0.569. The molecule has 6 heteroatoms. The Morgan fingerprint density at radius 3 is 2.32 bits per heavy atom. The summed E-state index contributed by atoms with van der Waals surface area (Å²) in [7, 11) is 1.25. The van der Waals surface area contributed by atoms with Gasteiger partial charge < -0.3 is 19.1 Å². The van der Waals surface area contributed by atoms with E-state index < -0.39 is 11.9 Å². The lowest BCUT2D eigenvalue weighted by atomic mass is 10.4. The van der Waals surface area contributed by atoms with Crippen molar-refractivity contribution >= 4 is 11.9 Å². The van der Waals surface area contributed by atoms with E-state index in [2.05, 4.69) is 4.74 Å². The third-order valence-corrected chi connectivity index (χ3v) is 2.46. The Balaban J connectivity index is 0.00000154. The van der Waals surface area contributed by atoms with Crippen molar-refractivity contribution in [2.75, 3.05) is 46.6 Å². The summed E-state index contributed by atoms with van der Waals surface area (Å²) >= 11 is 0. The number of carbonyl (C=O) groups is 2. The highest BCUT2D eigenvalue weighted by atomic mass is 16.5. The predicted molar refractivity (Wildman–Crippen MR) is 69.8 cm³/mol. The van der Waals surface area contributed by atoms with Gasteiger partial charge in [-0.25, -0.2) is 9.59 Å². The van der Waals surface area contributed by atoms with Crippen LogP contribution in [0.5, 0.6) is 0 Å². The number of methoxy groups -OCH3 is 1. The maximum absolute atomic E-state index is 11.2. The summed E-state index contributed by atoms with van der Waals surface area (Å²) in [6.45, 7) is 8.50. The molecule has 110 valence electrons. The number of hydrogen-bond donors (Lipinski definition) is 1. The monoisotopic (exact) mass is 274 g/mol. The van der Waals surface area contributed by atoms with Crippen molar-refractivity contribution in [1.29, 1.82) is 0 Å². The molecule has 0 bridgehead atoms. The van der Waals surface area contributed by atoms with Gasteiger partial charge in [0.25, 0.3) is 0 Å². The van der Waals surface area contributed by atoms with E-state index in [0.29, 0.717) is 6.61 Å². The molecular formula is C13H24NO5+. The van der Waals surface area contributed by atoms with Gasteiger partial charge in [0.1, 0.15) is 26.2 Å². The molecule has 0 unspecified atom stereocenters. The molecule has 0 aromatic heterocycles. The van der Waals surface area contributed by atoms with E-state index in [9.17, 15) is 9.59 Å². The Kier molecular flexibility index (Phi) is 10.8. The van der Waals surface area contributed by atoms with Crippen molar-refractivity contribution in [1.82, 2.24) is 0 Å². The molecule has 6 nitrogen and oxygen atoms in total. The van der Waals surface area contributed by atoms with Crippen LogP contribution in [0.1, 0.15) is 13.8 Å². The number of carbonyl (C=O) groups excluding carboxylic acids is 2. The second-order valence-electron chi connectivity index (χ2n) is 3.64. The molecule has 1 aliphatic rings. The molecule has 1 heterocycles. The van der Waals surface area contributed by atoms with Crippen molar-refractivity contribution in [3.05, 3.63) is 12.2 Å². The molecule has 1 saturated heterocycles. The molecule has 0 aliphatic carbocycles. The number of morpholine rings is 1. The van der Waals surface area contributed by atoms with Crippen LogP contribution in [0, 0.1) is 0 Å². The maximum Gasteiger partial charge on any atom is 0.331 e. The summed E-state index contributed by atoms with van der Waals surface area (Å²) in [6, 6.07) is 0. The quantitative estimate of drug-likeness (QED) is 0.525. The van der Waals surface area contributed by atoms with E-state index >= 15 is 0 Å². The fourth-order valence-corrected chi connectivity index (χ4v) is 1.46. The van der Waals surface area contributed by atoms with Gasteiger partial charge in [-0.05, 0) is 0 Å². The highest BCUT2D eigenvalue weighted by Crippen LogP contribution is 1.83. The number of esters is 2. The SMILES string of the molecule is CC.COC(=O)/C=C/C(=O)OCC[NH+]1CCOCC1. The number of rotatable bonds is 5. The van der Waals surface area contributed by atoms with Gasteiger partial charge in [0.2, 0.25) is 0 Å². The number of quaternary nitrogens is 1. The van der Waals surface area contributed by atoms with E-state index in [4.69, 9.17) is 9.47 Å². The molecule has 1 N–H and O–H groups in total. The Bertz CT molecular complexity index is 285. The molecule has 1 fully saturated rings. The Labute approximate surface area is 114 Å². The lowest BCUT2D eigenvalue weighted by molar-refractivity contribution is -0.908. The molecule has 0 amide bonds. The van der Waals surface area contributed by atoms with Crippen LogP contribution in [0.15, 0.2) is 12.2 Å². The van der Waals surface area contributed by atoms with Gasteiger partial charge in [0, 0.05) is 12.2 Å². The van der Waals surface area contributed by atoms with E-state index in [-0.39, 0.29) is 0 Å². The highest BCUT2D eigenvalue weighted by Gasteiger charge is 2.13. The highest BCUT2D eigenvalue weighted by molar-refractivity contribution is 5.91. The molecule has 0 atom stereocenters. The van der Waals surface area contributed by atoms with E-state index in [0.717, 1.165) is 45.0 Å². The first-order valence-corrected chi connectivity index (χ1v) is 6.56. The summed E-state index contributed by atoms with van der Waals surface area (Å²) in [5.41, 5.74) is 0. The first-order valence-electron chi connectivity index (χ1n) is 6.56. The van der Waals surface area contributed by atoms with Gasteiger partial charge in [0.15, 0.2) is 0 Å². The van der Waals surface area contributed by atoms with Crippen LogP contribution in [0.25, 0.3) is 0 Å². The van der Waals surface area contributed by atoms with Crippen LogP contribution in [0.3, 0.4) is 0 Å². The van der Waals surface area contributed by atoms with Crippen molar-refractivity contribution in [2.24, 2.45) is 0 Å². The first-order chi connectivity index (χ1) is 9.22. The Hall–Kier alpha value is -1.40. The Morgan fingerprint density at radius 1 is 1.16 bits per heavy atom. The second kappa shape index (κ2) is 11.7. The molecule has 0 saturated carbocycles. The lowest BCUT2D eigenvalue weighted by Crippen LogP contribution is -3.14. The molecule has 1 aliphatic heterocycles. The van der Waals surface area contributed by atoms with Crippen LogP contribution in [0.4, 0.5) is 0 Å². The summed E-state index contributed by atoms with van der Waals surface area (Å²) < 4.78 is 14.5. The molecule has 19 heavy (non-hydrogen) atoms. The third kappa shape index (κ3) is 9.21. The largest absolute Gasteiger partial charge is 0.466 e. The van der Waals surface area contributed by atoms with Crippen molar-refractivity contribution in [3.63, 3.8) is 0 Å². The van der Waals surface area contributed by atoms with Crippen LogP contribution in [-0.2, 0) is 23.8 Å². The number of hydrogen-bond acceptors (Lipinski definition) is 5. The molecule has 0 aromatic rings. The van der Waals surface area contributed by atoms with Crippen molar-refractivity contribution in [2.45, 2.75) is 13.8 Å². The zero-order chi connectivity index (χ0) is 14.5. The zero-order valence-corrected chi connectivity index (χ0v) is 11.9. The summed E-state index contributed by atoms with van der Waals surface area (Å²) in [5.74, 6) is -1.09. The minimum absolute atomic E-state index is 0.347. The van der Waals surface area contributed by atoms with Gasteiger partial charge in [-0.2, -0.15) is 0 Å². The molecular weight excluding hydrogens is 250 g/mol.